The lowest BCUT2D eigenvalue weighted by molar-refractivity contribution is -0.119. The molecule has 0 saturated carbocycles. The van der Waals surface area contributed by atoms with Crippen LogP contribution in [0.25, 0.3) is 0 Å². The number of hydrogen-bond donors (Lipinski definition) is 3. The topological polar surface area (TPSA) is 70.2 Å². The minimum atomic E-state index is -0.152. The number of nitrogens with one attached hydrogen (secondary N) is 3. The number of anilines is 1. The van der Waals surface area contributed by atoms with Gasteiger partial charge in [0.2, 0.25) is 5.91 Å². The van der Waals surface area contributed by atoms with Crippen LogP contribution in [0, 0.1) is 0 Å². The van der Waals surface area contributed by atoms with Gasteiger partial charge in [0.05, 0.1) is 6.54 Å². The monoisotopic (exact) mass is 311 g/mol. The van der Waals surface area contributed by atoms with Gasteiger partial charge >= 0.3 is 0 Å². The van der Waals surface area contributed by atoms with E-state index in [1.807, 2.05) is 36.4 Å². The number of rotatable bonds is 7. The molecule has 0 aromatic heterocycles. The molecule has 0 heterocycles. The average molecular weight is 311 g/mol. The highest BCUT2D eigenvalue weighted by Crippen LogP contribution is 2.10. The third kappa shape index (κ3) is 5.47. The highest BCUT2D eigenvalue weighted by molar-refractivity contribution is 5.95. The fourth-order valence-corrected chi connectivity index (χ4v) is 2.15. The number of benzene rings is 2. The van der Waals surface area contributed by atoms with Gasteiger partial charge in [-0.15, -0.1) is 0 Å². The molecule has 2 aromatic carbocycles. The van der Waals surface area contributed by atoms with E-state index in [0.717, 1.165) is 12.1 Å². The van der Waals surface area contributed by atoms with E-state index in [1.54, 1.807) is 25.2 Å². The first-order valence-corrected chi connectivity index (χ1v) is 7.55. The van der Waals surface area contributed by atoms with Crippen LogP contribution in [-0.2, 0) is 11.2 Å². The summed E-state index contributed by atoms with van der Waals surface area (Å²) in [4.78, 5) is 23.4. The van der Waals surface area contributed by atoms with Crippen LogP contribution in [0.2, 0.25) is 0 Å². The van der Waals surface area contributed by atoms with Gasteiger partial charge in [0.1, 0.15) is 0 Å². The molecule has 0 aliphatic heterocycles. The first-order valence-electron chi connectivity index (χ1n) is 7.55. The fourth-order valence-electron chi connectivity index (χ4n) is 2.15. The van der Waals surface area contributed by atoms with E-state index in [9.17, 15) is 9.59 Å². The Morgan fingerprint density at radius 2 is 1.78 bits per heavy atom. The number of carbonyl (C=O) groups is 2. The molecule has 0 atom stereocenters. The normalized spacial score (nSPS) is 9.96. The number of carbonyl (C=O) groups excluding carboxylic acids is 2. The van der Waals surface area contributed by atoms with E-state index in [4.69, 9.17) is 0 Å². The minimum Gasteiger partial charge on any atom is -0.376 e. The summed E-state index contributed by atoms with van der Waals surface area (Å²) in [5.41, 5.74) is 2.49. The van der Waals surface area contributed by atoms with E-state index in [2.05, 4.69) is 16.0 Å². The first-order chi connectivity index (χ1) is 11.2. The molecule has 0 bridgehead atoms. The molecule has 5 heteroatoms. The van der Waals surface area contributed by atoms with Gasteiger partial charge in [-0.05, 0) is 30.2 Å². The molecule has 0 radical (unpaired) electrons. The Bertz CT molecular complexity index is 656. The van der Waals surface area contributed by atoms with E-state index < -0.39 is 0 Å². The zero-order valence-corrected chi connectivity index (χ0v) is 13.1. The van der Waals surface area contributed by atoms with Gasteiger partial charge in [0, 0.05) is 24.8 Å². The van der Waals surface area contributed by atoms with Crippen LogP contribution in [0.5, 0.6) is 0 Å². The van der Waals surface area contributed by atoms with Crippen molar-refractivity contribution >= 4 is 17.5 Å². The van der Waals surface area contributed by atoms with Gasteiger partial charge in [-0.25, -0.2) is 0 Å². The Labute approximate surface area is 136 Å². The summed E-state index contributed by atoms with van der Waals surface area (Å²) >= 11 is 0. The van der Waals surface area contributed by atoms with Gasteiger partial charge in [-0.3, -0.25) is 9.59 Å². The SMILES string of the molecule is CNC(=O)c1cccc(NCC(=O)NCCc2ccccc2)c1. The van der Waals surface area contributed by atoms with Crippen molar-refractivity contribution in [2.45, 2.75) is 6.42 Å². The van der Waals surface area contributed by atoms with Crippen LogP contribution < -0.4 is 16.0 Å². The lowest BCUT2D eigenvalue weighted by Crippen LogP contribution is -2.31. The summed E-state index contributed by atoms with van der Waals surface area (Å²) < 4.78 is 0. The molecule has 23 heavy (non-hydrogen) atoms. The molecule has 120 valence electrons. The van der Waals surface area contributed by atoms with Crippen LogP contribution in [0.4, 0.5) is 5.69 Å². The number of hydrogen-bond acceptors (Lipinski definition) is 3. The standard InChI is InChI=1S/C18H21N3O2/c1-19-18(23)15-8-5-9-16(12-15)21-13-17(22)20-11-10-14-6-3-2-4-7-14/h2-9,12,21H,10-11,13H2,1H3,(H,19,23)(H,20,22). The highest BCUT2D eigenvalue weighted by atomic mass is 16.2. The van der Waals surface area contributed by atoms with Crippen molar-refractivity contribution in [2.24, 2.45) is 0 Å². The smallest absolute Gasteiger partial charge is 0.251 e. The zero-order chi connectivity index (χ0) is 16.5. The Balaban J connectivity index is 1.75. The van der Waals surface area contributed by atoms with Crippen LogP contribution in [0.15, 0.2) is 54.6 Å². The summed E-state index contributed by atoms with van der Waals surface area (Å²) in [6, 6.07) is 17.1. The van der Waals surface area contributed by atoms with Crippen LogP contribution in [-0.4, -0.2) is 32.0 Å². The Hall–Kier alpha value is -2.82. The van der Waals surface area contributed by atoms with Crippen molar-refractivity contribution < 1.29 is 9.59 Å². The summed E-state index contributed by atoms with van der Waals surface area (Å²) in [7, 11) is 1.59. The van der Waals surface area contributed by atoms with E-state index in [1.165, 1.54) is 5.56 Å². The molecule has 3 N–H and O–H groups in total. The van der Waals surface area contributed by atoms with Gasteiger partial charge < -0.3 is 16.0 Å². The first kappa shape index (κ1) is 16.5. The molecule has 2 amide bonds. The summed E-state index contributed by atoms with van der Waals surface area (Å²) in [5, 5.41) is 8.46. The highest BCUT2D eigenvalue weighted by Gasteiger charge is 2.05. The van der Waals surface area contributed by atoms with Gasteiger partial charge in [0.25, 0.3) is 5.91 Å². The molecule has 0 unspecified atom stereocenters. The maximum Gasteiger partial charge on any atom is 0.251 e. The van der Waals surface area contributed by atoms with Crippen molar-refractivity contribution in [3.05, 3.63) is 65.7 Å². The lowest BCUT2D eigenvalue weighted by atomic mass is 10.1. The molecule has 2 aromatic rings. The van der Waals surface area contributed by atoms with Crippen LogP contribution >= 0.6 is 0 Å². The second-order valence-electron chi connectivity index (χ2n) is 5.10. The Kier molecular flexibility index (Phi) is 6.17. The Morgan fingerprint density at radius 1 is 1.00 bits per heavy atom. The molecule has 2 rings (SSSR count). The van der Waals surface area contributed by atoms with Crippen LogP contribution in [0.3, 0.4) is 0 Å². The molecular weight excluding hydrogens is 290 g/mol. The second-order valence-corrected chi connectivity index (χ2v) is 5.10. The minimum absolute atomic E-state index is 0.0775. The van der Waals surface area contributed by atoms with Gasteiger partial charge in [0.15, 0.2) is 0 Å². The summed E-state index contributed by atoms with van der Waals surface area (Å²) in [5.74, 6) is -0.229. The lowest BCUT2D eigenvalue weighted by Gasteiger charge is -2.09. The summed E-state index contributed by atoms with van der Waals surface area (Å²) in [6.45, 7) is 0.773. The quantitative estimate of drug-likeness (QED) is 0.730. The fraction of sp³-hybridized carbons (Fsp3) is 0.222. The predicted octanol–water partition coefficient (Wildman–Crippen LogP) is 1.82. The molecule has 0 spiro atoms. The van der Waals surface area contributed by atoms with Crippen molar-refractivity contribution in [3.8, 4) is 0 Å². The maximum atomic E-state index is 11.8. The number of amides is 2. The van der Waals surface area contributed by atoms with E-state index >= 15 is 0 Å². The van der Waals surface area contributed by atoms with E-state index in [-0.39, 0.29) is 18.4 Å². The second kappa shape index (κ2) is 8.58. The van der Waals surface area contributed by atoms with Gasteiger partial charge in [-0.1, -0.05) is 36.4 Å². The molecule has 0 aliphatic carbocycles. The van der Waals surface area contributed by atoms with Crippen molar-refractivity contribution in [1.82, 2.24) is 10.6 Å². The molecule has 0 saturated heterocycles. The molecule has 0 aliphatic rings. The van der Waals surface area contributed by atoms with Crippen molar-refractivity contribution in [3.63, 3.8) is 0 Å². The zero-order valence-electron chi connectivity index (χ0n) is 13.1. The molecule has 5 nitrogen and oxygen atoms in total. The summed E-state index contributed by atoms with van der Waals surface area (Å²) in [6.07, 6.45) is 0.804. The van der Waals surface area contributed by atoms with E-state index in [0.29, 0.717) is 12.1 Å². The third-order valence-corrected chi connectivity index (χ3v) is 3.38. The molecule has 0 fully saturated rings. The van der Waals surface area contributed by atoms with Crippen LogP contribution in [0.1, 0.15) is 15.9 Å². The average Bonchev–Trinajstić information content (AvgIpc) is 2.60. The predicted molar refractivity (Wildman–Crippen MR) is 91.5 cm³/mol. The van der Waals surface area contributed by atoms with Gasteiger partial charge in [-0.2, -0.15) is 0 Å². The largest absolute Gasteiger partial charge is 0.376 e. The maximum absolute atomic E-state index is 11.8. The van der Waals surface area contributed by atoms with Crippen molar-refractivity contribution in [2.75, 3.05) is 25.5 Å². The molecular formula is C18H21N3O2. The Morgan fingerprint density at radius 3 is 2.52 bits per heavy atom. The van der Waals surface area contributed by atoms with Crippen molar-refractivity contribution in [1.29, 1.82) is 0 Å². The third-order valence-electron chi connectivity index (χ3n) is 3.38.